The number of rotatable bonds is 6. The van der Waals surface area contributed by atoms with Crippen molar-refractivity contribution in [1.29, 1.82) is 0 Å². The summed E-state index contributed by atoms with van der Waals surface area (Å²) in [6.07, 6.45) is 1.67. The monoisotopic (exact) mass is 277 g/mol. The zero-order valence-electron chi connectivity index (χ0n) is 11.3. The minimum atomic E-state index is -1.11. The minimum absolute atomic E-state index is 0.243. The second kappa shape index (κ2) is 7.30. The largest absolute Gasteiger partial charge is 0.480 e. The third kappa shape index (κ3) is 4.40. The Morgan fingerprint density at radius 1 is 1.40 bits per heavy atom. The Hall–Kier alpha value is -2.34. The molecule has 1 rings (SSSR count). The summed E-state index contributed by atoms with van der Waals surface area (Å²) < 4.78 is 0. The number of nitrogens with one attached hydrogen (secondary N) is 1. The summed E-state index contributed by atoms with van der Waals surface area (Å²) in [6.45, 7) is 1.49. The number of nitrogens with two attached hydrogens (primary N) is 2. The van der Waals surface area contributed by atoms with Crippen molar-refractivity contribution in [2.45, 2.75) is 19.4 Å². The van der Waals surface area contributed by atoms with E-state index < -0.39 is 24.5 Å². The molecule has 0 fully saturated rings. The molecule has 1 atom stereocenters. The van der Waals surface area contributed by atoms with Gasteiger partial charge in [0.2, 0.25) is 5.91 Å². The van der Waals surface area contributed by atoms with Crippen LogP contribution in [0.2, 0.25) is 0 Å². The van der Waals surface area contributed by atoms with Gasteiger partial charge in [0.05, 0.1) is 6.04 Å². The molecule has 1 aromatic carbocycles. The molecule has 0 spiro atoms. The maximum Gasteiger partial charge on any atom is 0.322 e. The van der Waals surface area contributed by atoms with Crippen molar-refractivity contribution >= 4 is 17.4 Å². The molecule has 108 valence electrons. The van der Waals surface area contributed by atoms with Crippen LogP contribution in [0.1, 0.15) is 17.5 Å². The lowest BCUT2D eigenvalue weighted by Crippen LogP contribution is -2.42. The summed E-state index contributed by atoms with van der Waals surface area (Å²) in [5.41, 5.74) is 14.1. The van der Waals surface area contributed by atoms with E-state index >= 15 is 0 Å². The summed E-state index contributed by atoms with van der Waals surface area (Å²) in [6, 6.07) is 6.78. The summed E-state index contributed by atoms with van der Waals surface area (Å²) >= 11 is 0. The van der Waals surface area contributed by atoms with Gasteiger partial charge in [-0.2, -0.15) is 0 Å². The molecule has 1 unspecified atom stereocenters. The molecule has 6 N–H and O–H groups in total. The number of hydrogen-bond donors (Lipinski definition) is 4. The number of carbonyl (C=O) groups excluding carboxylic acids is 1. The molecule has 0 heterocycles. The topological polar surface area (TPSA) is 118 Å². The molecule has 0 aliphatic heterocycles. The average Bonchev–Trinajstić information content (AvgIpc) is 2.42. The molecule has 20 heavy (non-hydrogen) atoms. The highest BCUT2D eigenvalue weighted by Gasteiger charge is 2.17. The Morgan fingerprint density at radius 2 is 2.05 bits per heavy atom. The number of carboxylic acid groups (broad SMARTS) is 1. The standard InChI is InChI=1S/C14H19N3O3/c1-9-4-2-3-5-11(9)10(7-15)6-12(16)14(20)17-8-13(18)19/h2-5,7,12H,6,8,15-16H2,1H3,(H,17,20)(H,18,19)/b10-7-. The highest BCUT2D eigenvalue weighted by atomic mass is 16.4. The zero-order valence-corrected chi connectivity index (χ0v) is 11.3. The third-order valence-corrected chi connectivity index (χ3v) is 2.88. The molecule has 6 heteroatoms. The molecule has 0 aliphatic carbocycles. The molecule has 0 aliphatic rings. The fourth-order valence-electron chi connectivity index (χ4n) is 1.82. The van der Waals surface area contributed by atoms with Gasteiger partial charge in [-0.25, -0.2) is 0 Å². The van der Waals surface area contributed by atoms with E-state index in [0.29, 0.717) is 0 Å². The van der Waals surface area contributed by atoms with E-state index in [1.54, 1.807) is 0 Å². The van der Waals surface area contributed by atoms with Crippen LogP contribution < -0.4 is 16.8 Å². The van der Waals surface area contributed by atoms with Crippen LogP contribution in [-0.4, -0.2) is 29.6 Å². The fourth-order valence-corrected chi connectivity index (χ4v) is 1.82. The summed E-state index contributed by atoms with van der Waals surface area (Å²) in [4.78, 5) is 22.0. The van der Waals surface area contributed by atoms with E-state index in [4.69, 9.17) is 16.6 Å². The molecule has 0 saturated carbocycles. The minimum Gasteiger partial charge on any atom is -0.480 e. The molecule has 6 nitrogen and oxygen atoms in total. The van der Waals surface area contributed by atoms with Crippen molar-refractivity contribution in [3.8, 4) is 0 Å². The Kier molecular flexibility index (Phi) is 5.74. The van der Waals surface area contributed by atoms with Gasteiger partial charge in [0, 0.05) is 0 Å². The predicted octanol–water partition coefficient (Wildman–Crippen LogP) is 0.213. The van der Waals surface area contributed by atoms with E-state index in [2.05, 4.69) is 5.32 Å². The molecule has 1 aromatic rings. The quantitative estimate of drug-likeness (QED) is 0.593. The zero-order chi connectivity index (χ0) is 15.1. The number of benzene rings is 1. The second-order valence-electron chi connectivity index (χ2n) is 4.43. The van der Waals surface area contributed by atoms with Crippen LogP contribution >= 0.6 is 0 Å². The maximum absolute atomic E-state index is 11.6. The van der Waals surface area contributed by atoms with E-state index in [1.807, 2.05) is 31.2 Å². The van der Waals surface area contributed by atoms with Crippen molar-refractivity contribution in [1.82, 2.24) is 5.32 Å². The van der Waals surface area contributed by atoms with Crippen molar-refractivity contribution in [2.24, 2.45) is 11.5 Å². The van der Waals surface area contributed by atoms with Gasteiger partial charge in [-0.1, -0.05) is 24.3 Å². The Morgan fingerprint density at radius 3 is 2.60 bits per heavy atom. The van der Waals surface area contributed by atoms with Crippen LogP contribution in [-0.2, 0) is 9.59 Å². The molecular formula is C14H19N3O3. The van der Waals surface area contributed by atoms with Crippen LogP contribution in [0.3, 0.4) is 0 Å². The molecule has 0 aromatic heterocycles. The van der Waals surface area contributed by atoms with Crippen molar-refractivity contribution in [2.75, 3.05) is 6.54 Å². The number of amides is 1. The Bertz CT molecular complexity index is 526. The van der Waals surface area contributed by atoms with Gasteiger partial charge in [-0.15, -0.1) is 0 Å². The number of carbonyl (C=O) groups is 2. The Labute approximate surface area is 117 Å². The highest BCUT2D eigenvalue weighted by Crippen LogP contribution is 2.21. The normalized spacial score (nSPS) is 12.8. The van der Waals surface area contributed by atoms with Gasteiger partial charge in [0.15, 0.2) is 0 Å². The van der Waals surface area contributed by atoms with E-state index in [-0.39, 0.29) is 6.42 Å². The third-order valence-electron chi connectivity index (χ3n) is 2.88. The second-order valence-corrected chi connectivity index (χ2v) is 4.43. The van der Waals surface area contributed by atoms with Gasteiger partial charge in [0.25, 0.3) is 0 Å². The van der Waals surface area contributed by atoms with Crippen molar-refractivity contribution < 1.29 is 14.7 Å². The lowest BCUT2D eigenvalue weighted by molar-refractivity contribution is -0.138. The van der Waals surface area contributed by atoms with E-state index in [0.717, 1.165) is 16.7 Å². The molecule has 0 radical (unpaired) electrons. The van der Waals surface area contributed by atoms with E-state index in [9.17, 15) is 9.59 Å². The van der Waals surface area contributed by atoms with Crippen LogP contribution in [0.25, 0.3) is 5.57 Å². The van der Waals surface area contributed by atoms with Crippen LogP contribution in [0.5, 0.6) is 0 Å². The van der Waals surface area contributed by atoms with Gasteiger partial charge in [-0.05, 0) is 36.2 Å². The van der Waals surface area contributed by atoms with Crippen LogP contribution in [0.4, 0.5) is 0 Å². The summed E-state index contributed by atoms with van der Waals surface area (Å²) in [5.74, 6) is -1.63. The summed E-state index contributed by atoms with van der Waals surface area (Å²) in [5, 5.41) is 10.7. The van der Waals surface area contributed by atoms with E-state index in [1.165, 1.54) is 6.20 Å². The van der Waals surface area contributed by atoms with Crippen LogP contribution in [0.15, 0.2) is 30.5 Å². The Balaban J connectivity index is 2.72. The molecule has 0 bridgehead atoms. The maximum atomic E-state index is 11.6. The molecular weight excluding hydrogens is 258 g/mol. The number of carboxylic acids is 1. The van der Waals surface area contributed by atoms with Gasteiger partial charge < -0.3 is 21.9 Å². The van der Waals surface area contributed by atoms with Crippen LogP contribution in [0, 0.1) is 6.92 Å². The van der Waals surface area contributed by atoms with Gasteiger partial charge >= 0.3 is 5.97 Å². The number of hydrogen-bond acceptors (Lipinski definition) is 4. The highest BCUT2D eigenvalue weighted by molar-refractivity contribution is 5.87. The smallest absolute Gasteiger partial charge is 0.322 e. The first-order valence-electron chi connectivity index (χ1n) is 6.17. The lowest BCUT2D eigenvalue weighted by atomic mass is 9.96. The van der Waals surface area contributed by atoms with Gasteiger partial charge in [-0.3, -0.25) is 9.59 Å². The molecule has 1 amide bonds. The molecule has 0 saturated heterocycles. The van der Waals surface area contributed by atoms with Crippen molar-refractivity contribution in [3.63, 3.8) is 0 Å². The first-order chi connectivity index (χ1) is 9.45. The predicted molar refractivity (Wildman–Crippen MR) is 76.6 cm³/mol. The number of aliphatic carboxylic acids is 1. The SMILES string of the molecule is Cc1ccccc1/C(=C\N)CC(N)C(=O)NCC(=O)O. The fraction of sp³-hybridized carbons (Fsp3) is 0.286. The summed E-state index contributed by atoms with van der Waals surface area (Å²) in [7, 11) is 0. The average molecular weight is 277 g/mol. The van der Waals surface area contributed by atoms with Gasteiger partial charge in [0.1, 0.15) is 6.54 Å². The first kappa shape index (κ1) is 15.7. The number of aryl methyl sites for hydroxylation is 1. The van der Waals surface area contributed by atoms with Crippen molar-refractivity contribution in [3.05, 3.63) is 41.6 Å². The lowest BCUT2D eigenvalue weighted by Gasteiger charge is -2.15. The first-order valence-corrected chi connectivity index (χ1v) is 6.17.